The van der Waals surface area contributed by atoms with E-state index in [2.05, 4.69) is 22.4 Å². The quantitative estimate of drug-likeness (QED) is 0.624. The highest BCUT2D eigenvalue weighted by Gasteiger charge is 2.12. The Labute approximate surface area is 147 Å². The normalized spacial score (nSPS) is 10.5. The lowest BCUT2D eigenvalue weighted by atomic mass is 10.2. The van der Waals surface area contributed by atoms with Crippen molar-refractivity contribution in [3.8, 4) is 0 Å². The maximum atomic E-state index is 12.2. The van der Waals surface area contributed by atoms with Crippen LogP contribution in [0.5, 0.6) is 0 Å². The Balaban J connectivity index is 1.61. The maximum absolute atomic E-state index is 12.2. The van der Waals surface area contributed by atoms with Crippen LogP contribution in [-0.4, -0.2) is 10.9 Å². The van der Waals surface area contributed by atoms with Crippen LogP contribution in [0.15, 0.2) is 64.9 Å². The minimum atomic E-state index is -0.243. The third-order valence-electron chi connectivity index (χ3n) is 3.02. The van der Waals surface area contributed by atoms with Gasteiger partial charge in [0.05, 0.1) is 16.3 Å². The molecule has 0 aliphatic rings. The molecule has 0 aliphatic carbocycles. The van der Waals surface area contributed by atoms with Crippen LogP contribution in [0.25, 0.3) is 0 Å². The molecule has 23 heavy (non-hydrogen) atoms. The van der Waals surface area contributed by atoms with Crippen molar-refractivity contribution in [3.05, 3.63) is 76.3 Å². The van der Waals surface area contributed by atoms with Crippen molar-refractivity contribution < 1.29 is 4.79 Å². The fourth-order valence-electron chi connectivity index (χ4n) is 1.91. The molecule has 1 amide bonds. The lowest BCUT2D eigenvalue weighted by molar-refractivity contribution is 0.102. The van der Waals surface area contributed by atoms with E-state index in [9.17, 15) is 4.79 Å². The topological polar surface area (TPSA) is 42.0 Å². The number of carbonyl (C=O) groups excluding carboxylic acids is 1. The Bertz CT molecular complexity index is 805. The second-order valence-electron chi connectivity index (χ2n) is 4.68. The zero-order valence-corrected chi connectivity index (χ0v) is 14.4. The van der Waals surface area contributed by atoms with Crippen LogP contribution in [0, 0.1) is 0 Å². The van der Waals surface area contributed by atoms with E-state index >= 15 is 0 Å². The molecule has 0 bridgehead atoms. The number of halogens is 1. The molecular weight excluding hydrogens is 348 g/mol. The molecule has 0 unspecified atom stereocenters. The number of carbonyl (C=O) groups is 1. The molecule has 1 N–H and O–H groups in total. The fraction of sp³-hybridized carbons (Fsp3) is 0.0588. The molecule has 3 rings (SSSR count). The summed E-state index contributed by atoms with van der Waals surface area (Å²) in [6, 6.07) is 17.1. The van der Waals surface area contributed by atoms with Crippen LogP contribution in [0.3, 0.4) is 0 Å². The molecule has 0 aliphatic heterocycles. The van der Waals surface area contributed by atoms with Crippen molar-refractivity contribution in [1.82, 2.24) is 4.98 Å². The second kappa shape index (κ2) is 7.64. The van der Waals surface area contributed by atoms with Gasteiger partial charge in [-0.1, -0.05) is 41.9 Å². The molecule has 3 nitrogen and oxygen atoms in total. The first-order valence-corrected chi connectivity index (χ1v) is 9.15. The first-order valence-electron chi connectivity index (χ1n) is 6.90. The van der Waals surface area contributed by atoms with Gasteiger partial charge in [-0.3, -0.25) is 10.1 Å². The molecular formula is C17H13ClN2OS2. The minimum Gasteiger partial charge on any atom is -0.298 e. The van der Waals surface area contributed by atoms with Gasteiger partial charge >= 0.3 is 0 Å². The van der Waals surface area contributed by atoms with Crippen LogP contribution >= 0.6 is 34.7 Å². The van der Waals surface area contributed by atoms with Crippen molar-refractivity contribution >= 4 is 45.7 Å². The number of thioether (sulfide) groups is 1. The van der Waals surface area contributed by atoms with Gasteiger partial charge in [0.1, 0.15) is 0 Å². The number of nitrogens with zero attached hydrogens (tertiary/aromatic N) is 1. The van der Waals surface area contributed by atoms with Gasteiger partial charge < -0.3 is 0 Å². The van der Waals surface area contributed by atoms with Crippen LogP contribution in [0.1, 0.15) is 16.1 Å². The second-order valence-corrected chi connectivity index (χ2v) is 6.99. The highest BCUT2D eigenvalue weighted by Crippen LogP contribution is 2.25. The Kier molecular flexibility index (Phi) is 5.33. The van der Waals surface area contributed by atoms with E-state index < -0.39 is 0 Å². The van der Waals surface area contributed by atoms with E-state index in [1.807, 2.05) is 23.6 Å². The van der Waals surface area contributed by atoms with E-state index in [0.717, 1.165) is 11.4 Å². The predicted molar refractivity (Wildman–Crippen MR) is 97.5 cm³/mol. The van der Waals surface area contributed by atoms with Gasteiger partial charge in [-0.25, -0.2) is 4.98 Å². The van der Waals surface area contributed by atoms with Gasteiger partial charge in [-0.15, -0.1) is 23.1 Å². The van der Waals surface area contributed by atoms with Gasteiger partial charge in [0.25, 0.3) is 5.91 Å². The molecule has 1 aromatic heterocycles. The first kappa shape index (κ1) is 16.1. The molecule has 6 heteroatoms. The Morgan fingerprint density at radius 3 is 2.65 bits per heavy atom. The van der Waals surface area contributed by atoms with Gasteiger partial charge in [0.2, 0.25) is 0 Å². The lowest BCUT2D eigenvalue weighted by Gasteiger charge is -2.03. The van der Waals surface area contributed by atoms with Crippen LogP contribution in [-0.2, 0) is 5.75 Å². The van der Waals surface area contributed by atoms with Crippen molar-refractivity contribution in [2.45, 2.75) is 10.6 Å². The zero-order valence-electron chi connectivity index (χ0n) is 12.0. The summed E-state index contributed by atoms with van der Waals surface area (Å²) in [5, 5.41) is 5.76. The Hall–Kier alpha value is -1.82. The van der Waals surface area contributed by atoms with E-state index in [1.165, 1.54) is 16.2 Å². The van der Waals surface area contributed by atoms with Gasteiger partial charge in [-0.05, 0) is 24.3 Å². The number of rotatable bonds is 5. The molecule has 0 spiro atoms. The molecule has 3 aromatic rings. The number of amides is 1. The van der Waals surface area contributed by atoms with Crippen LogP contribution in [0.2, 0.25) is 5.02 Å². The number of aromatic nitrogens is 1. The van der Waals surface area contributed by atoms with Crippen LogP contribution in [0.4, 0.5) is 5.13 Å². The predicted octanol–water partition coefficient (Wildman–Crippen LogP) is 5.34. The molecule has 1 heterocycles. The van der Waals surface area contributed by atoms with Crippen molar-refractivity contribution in [2.24, 2.45) is 0 Å². The summed E-state index contributed by atoms with van der Waals surface area (Å²) in [5.74, 6) is 0.523. The molecule has 0 saturated carbocycles. The molecule has 0 radical (unpaired) electrons. The number of nitrogens with one attached hydrogen (secondary N) is 1. The summed E-state index contributed by atoms with van der Waals surface area (Å²) >= 11 is 9.16. The number of benzene rings is 2. The molecule has 116 valence electrons. The smallest absolute Gasteiger partial charge is 0.258 e. The Morgan fingerprint density at radius 2 is 1.87 bits per heavy atom. The monoisotopic (exact) mass is 360 g/mol. The van der Waals surface area contributed by atoms with Crippen LogP contribution < -0.4 is 5.32 Å². The Morgan fingerprint density at radius 1 is 1.13 bits per heavy atom. The largest absolute Gasteiger partial charge is 0.298 e. The number of hydrogen-bond acceptors (Lipinski definition) is 4. The molecule has 0 fully saturated rings. The SMILES string of the molecule is O=C(Nc1nc(CSc2ccccc2)cs1)c1ccccc1Cl. The summed E-state index contributed by atoms with van der Waals surface area (Å²) in [6.45, 7) is 0. The molecule has 2 aromatic carbocycles. The van der Waals surface area contributed by atoms with Gasteiger partial charge in [-0.2, -0.15) is 0 Å². The van der Waals surface area contributed by atoms with E-state index in [4.69, 9.17) is 11.6 Å². The third-order valence-corrected chi connectivity index (χ3v) is 5.20. The number of anilines is 1. The standard InChI is InChI=1S/C17H13ClN2OS2/c18-15-9-5-4-8-14(15)16(21)20-17-19-12(11-23-17)10-22-13-6-2-1-3-7-13/h1-9,11H,10H2,(H,19,20,21). The number of thiazole rings is 1. The molecule has 0 atom stereocenters. The first-order chi connectivity index (χ1) is 11.2. The maximum Gasteiger partial charge on any atom is 0.258 e. The van der Waals surface area contributed by atoms with E-state index in [0.29, 0.717) is 15.7 Å². The van der Waals surface area contributed by atoms with Crippen molar-refractivity contribution in [2.75, 3.05) is 5.32 Å². The lowest BCUT2D eigenvalue weighted by Crippen LogP contribution is -2.12. The highest BCUT2D eigenvalue weighted by atomic mass is 35.5. The summed E-state index contributed by atoms with van der Waals surface area (Å²) in [4.78, 5) is 17.8. The highest BCUT2D eigenvalue weighted by molar-refractivity contribution is 7.98. The summed E-state index contributed by atoms with van der Waals surface area (Å²) in [6.07, 6.45) is 0. The average Bonchev–Trinajstić information content (AvgIpc) is 3.02. The zero-order chi connectivity index (χ0) is 16.1. The third kappa shape index (κ3) is 4.34. The van der Waals surface area contributed by atoms with Crippen molar-refractivity contribution in [1.29, 1.82) is 0 Å². The number of hydrogen-bond donors (Lipinski definition) is 1. The average molecular weight is 361 g/mol. The fourth-order valence-corrected chi connectivity index (χ4v) is 3.76. The minimum absolute atomic E-state index is 0.243. The summed E-state index contributed by atoms with van der Waals surface area (Å²) < 4.78 is 0. The van der Waals surface area contributed by atoms with E-state index in [1.54, 1.807) is 36.0 Å². The van der Waals surface area contributed by atoms with Gasteiger partial charge in [0.15, 0.2) is 5.13 Å². The molecule has 0 saturated heterocycles. The summed E-state index contributed by atoms with van der Waals surface area (Å²) in [7, 11) is 0. The van der Waals surface area contributed by atoms with E-state index in [-0.39, 0.29) is 5.91 Å². The van der Waals surface area contributed by atoms with Crippen molar-refractivity contribution in [3.63, 3.8) is 0 Å². The summed E-state index contributed by atoms with van der Waals surface area (Å²) in [5.41, 5.74) is 1.39. The van der Waals surface area contributed by atoms with Gasteiger partial charge in [0, 0.05) is 16.0 Å².